The van der Waals surface area contributed by atoms with Gasteiger partial charge in [-0.05, 0) is 27.7 Å². The minimum Gasteiger partial charge on any atom is -0.502 e. The van der Waals surface area contributed by atoms with Crippen LogP contribution in [0, 0.1) is 58.2 Å². The summed E-state index contributed by atoms with van der Waals surface area (Å²) in [5, 5.41) is 9.48. The van der Waals surface area contributed by atoms with Gasteiger partial charge in [0.1, 0.15) is 0 Å². The highest BCUT2D eigenvalue weighted by atomic mass is 19.2. The summed E-state index contributed by atoms with van der Waals surface area (Å²) >= 11 is 0. The van der Waals surface area contributed by atoms with E-state index < -0.39 is 86.5 Å². The molecular formula is C22H18F10O4. The average Bonchev–Trinajstić information content (AvgIpc) is 2.80. The highest BCUT2D eigenvalue weighted by Gasteiger charge is 2.39. The fourth-order valence-corrected chi connectivity index (χ4v) is 2.24. The number of aliphatic hydroxyl groups is 1. The Morgan fingerprint density at radius 3 is 1.28 bits per heavy atom. The molecule has 0 amide bonds. The molecule has 0 aliphatic heterocycles. The summed E-state index contributed by atoms with van der Waals surface area (Å²) in [6, 6.07) is 0. The molecule has 1 atom stereocenters. The van der Waals surface area contributed by atoms with Crippen LogP contribution < -0.4 is 0 Å². The molecule has 200 valence electrons. The van der Waals surface area contributed by atoms with E-state index >= 15 is 0 Å². The molecule has 0 saturated heterocycles. The van der Waals surface area contributed by atoms with Crippen LogP contribution >= 0.6 is 0 Å². The summed E-state index contributed by atoms with van der Waals surface area (Å²) in [5.41, 5.74) is -5.76. The first-order valence-electron chi connectivity index (χ1n) is 9.41. The van der Waals surface area contributed by atoms with Crippen molar-refractivity contribution in [3.8, 4) is 0 Å². The molecule has 2 aromatic carbocycles. The SMILES string of the molecule is C=COCC.CC(=O)C(C)(O)c1c(F)c(F)c(F)c(F)c1F.CC(=O)c1c(F)c(F)c(F)c(F)c1F. The quantitative estimate of drug-likeness (QED) is 0.169. The van der Waals surface area contributed by atoms with Crippen LogP contribution in [0.25, 0.3) is 0 Å². The normalized spacial score (nSPS) is 11.9. The molecule has 14 heteroatoms. The Balaban J connectivity index is 0.000000581. The second-order valence-electron chi connectivity index (χ2n) is 6.70. The third-order valence-corrected chi connectivity index (χ3v) is 4.23. The van der Waals surface area contributed by atoms with E-state index in [0.29, 0.717) is 13.8 Å². The van der Waals surface area contributed by atoms with Gasteiger partial charge in [-0.25, -0.2) is 43.9 Å². The van der Waals surface area contributed by atoms with E-state index in [2.05, 4.69) is 11.3 Å². The van der Waals surface area contributed by atoms with Crippen LogP contribution in [0.1, 0.15) is 43.6 Å². The van der Waals surface area contributed by atoms with Crippen molar-refractivity contribution in [1.29, 1.82) is 0 Å². The average molecular weight is 536 g/mol. The fourth-order valence-electron chi connectivity index (χ4n) is 2.24. The molecule has 0 radical (unpaired) electrons. The molecule has 0 aromatic heterocycles. The van der Waals surface area contributed by atoms with E-state index in [-0.39, 0.29) is 0 Å². The number of hydrogen-bond acceptors (Lipinski definition) is 4. The number of rotatable bonds is 5. The number of carbonyl (C=O) groups excluding carboxylic acids is 2. The molecule has 0 saturated carbocycles. The van der Waals surface area contributed by atoms with Crippen molar-refractivity contribution in [3.05, 3.63) is 82.1 Å². The largest absolute Gasteiger partial charge is 0.502 e. The van der Waals surface area contributed by atoms with Gasteiger partial charge in [-0.3, -0.25) is 9.59 Å². The van der Waals surface area contributed by atoms with Crippen LogP contribution in [0.2, 0.25) is 0 Å². The fraction of sp³-hybridized carbons (Fsp3) is 0.273. The second-order valence-corrected chi connectivity index (χ2v) is 6.70. The van der Waals surface area contributed by atoms with Gasteiger partial charge in [0.2, 0.25) is 11.6 Å². The number of benzene rings is 2. The van der Waals surface area contributed by atoms with Crippen molar-refractivity contribution in [3.63, 3.8) is 0 Å². The molecule has 4 nitrogen and oxygen atoms in total. The van der Waals surface area contributed by atoms with Gasteiger partial charge in [-0.15, -0.1) is 0 Å². The molecule has 0 spiro atoms. The van der Waals surface area contributed by atoms with E-state index in [0.717, 1.165) is 13.5 Å². The second kappa shape index (κ2) is 13.0. The smallest absolute Gasteiger partial charge is 0.200 e. The zero-order valence-electron chi connectivity index (χ0n) is 18.9. The molecule has 0 bridgehead atoms. The molecule has 0 heterocycles. The van der Waals surface area contributed by atoms with Gasteiger partial charge in [-0.2, -0.15) is 0 Å². The van der Waals surface area contributed by atoms with Crippen LogP contribution in [0.3, 0.4) is 0 Å². The van der Waals surface area contributed by atoms with Crippen molar-refractivity contribution < 1.29 is 63.3 Å². The van der Waals surface area contributed by atoms with Crippen LogP contribution in [0.5, 0.6) is 0 Å². The van der Waals surface area contributed by atoms with Crippen LogP contribution in [0.4, 0.5) is 43.9 Å². The lowest BCUT2D eigenvalue weighted by Crippen LogP contribution is -2.33. The maximum atomic E-state index is 13.2. The third kappa shape index (κ3) is 6.83. The minimum absolute atomic E-state index is 0.646. The van der Waals surface area contributed by atoms with Crippen molar-refractivity contribution in [2.45, 2.75) is 33.3 Å². The molecule has 0 fully saturated rings. The van der Waals surface area contributed by atoms with Crippen LogP contribution in [-0.4, -0.2) is 23.3 Å². The number of Topliss-reactive ketones (excluding diaryl/α,β-unsaturated/α-hetero) is 2. The number of carbonyl (C=O) groups is 2. The van der Waals surface area contributed by atoms with Gasteiger partial charge in [0, 0.05) is 0 Å². The first-order chi connectivity index (χ1) is 16.4. The van der Waals surface area contributed by atoms with E-state index in [1.807, 2.05) is 6.92 Å². The van der Waals surface area contributed by atoms with Crippen molar-refractivity contribution >= 4 is 11.6 Å². The minimum atomic E-state index is -2.79. The predicted molar refractivity (Wildman–Crippen MR) is 105 cm³/mol. The van der Waals surface area contributed by atoms with Gasteiger partial charge in [0.25, 0.3) is 0 Å². The molecule has 1 N–H and O–H groups in total. The lowest BCUT2D eigenvalue weighted by Gasteiger charge is -2.22. The lowest BCUT2D eigenvalue weighted by atomic mass is 9.91. The van der Waals surface area contributed by atoms with Gasteiger partial charge < -0.3 is 9.84 Å². The molecule has 2 aromatic rings. The van der Waals surface area contributed by atoms with E-state index in [4.69, 9.17) is 0 Å². The molecule has 36 heavy (non-hydrogen) atoms. The summed E-state index contributed by atoms with van der Waals surface area (Å²) < 4.78 is 132. The summed E-state index contributed by atoms with van der Waals surface area (Å²) in [6.45, 7) is 8.09. The van der Waals surface area contributed by atoms with Gasteiger partial charge >= 0.3 is 0 Å². The van der Waals surface area contributed by atoms with Gasteiger partial charge in [0.05, 0.1) is 24.0 Å². The maximum absolute atomic E-state index is 13.2. The lowest BCUT2D eigenvalue weighted by molar-refractivity contribution is -0.134. The van der Waals surface area contributed by atoms with Gasteiger partial charge in [-0.1, -0.05) is 6.58 Å². The highest BCUT2D eigenvalue weighted by Crippen LogP contribution is 2.32. The van der Waals surface area contributed by atoms with Crippen molar-refractivity contribution in [2.75, 3.05) is 6.61 Å². The van der Waals surface area contributed by atoms with E-state index in [9.17, 15) is 58.6 Å². The van der Waals surface area contributed by atoms with Crippen LogP contribution in [0.15, 0.2) is 12.8 Å². The third-order valence-electron chi connectivity index (χ3n) is 4.23. The first-order valence-corrected chi connectivity index (χ1v) is 9.41. The molecule has 2 rings (SSSR count). The number of halogens is 10. The molecule has 1 unspecified atom stereocenters. The predicted octanol–water partition coefficient (Wildman–Crippen LogP) is 5.93. The topological polar surface area (TPSA) is 63.6 Å². The Bertz CT molecular complexity index is 1100. The first kappa shape index (κ1) is 32.6. The van der Waals surface area contributed by atoms with Crippen LogP contribution in [-0.2, 0) is 15.1 Å². The molecular weight excluding hydrogens is 518 g/mol. The number of hydrogen-bond donors (Lipinski definition) is 1. The number of ketones is 2. The standard InChI is InChI=1S/C10H7F5O2.C8H3F5O.C4H8O/c1-3(16)10(2,17)4-5(11)7(13)9(15)8(14)6(4)12;1-2(14)3-4(9)6(11)8(13)7(12)5(3)10;1-3-5-4-2/h17H,1-2H3;1H3;3H,1,4H2,2H3. The Morgan fingerprint density at radius 2 is 1.06 bits per heavy atom. The number of ether oxygens (including phenoxy) is 1. The highest BCUT2D eigenvalue weighted by molar-refractivity contribution is 5.94. The Morgan fingerprint density at radius 1 is 0.750 bits per heavy atom. The van der Waals surface area contributed by atoms with Crippen molar-refractivity contribution in [1.82, 2.24) is 0 Å². The summed E-state index contributed by atoms with van der Waals surface area (Å²) in [5.74, 6) is -24.3. The maximum Gasteiger partial charge on any atom is 0.200 e. The Labute approximate surface area is 197 Å². The van der Waals surface area contributed by atoms with Gasteiger partial charge in [0.15, 0.2) is 63.7 Å². The Kier molecular flexibility index (Phi) is 11.8. The zero-order valence-corrected chi connectivity index (χ0v) is 18.9. The summed E-state index contributed by atoms with van der Waals surface area (Å²) in [6.07, 6.45) is 1.43. The van der Waals surface area contributed by atoms with E-state index in [1.54, 1.807) is 0 Å². The molecule has 0 aliphatic rings. The summed E-state index contributed by atoms with van der Waals surface area (Å²) in [7, 11) is 0. The summed E-state index contributed by atoms with van der Waals surface area (Å²) in [4.78, 5) is 21.5. The zero-order chi connectivity index (χ0) is 28.7. The van der Waals surface area contributed by atoms with Crippen molar-refractivity contribution in [2.24, 2.45) is 0 Å². The monoisotopic (exact) mass is 536 g/mol. The molecule has 0 aliphatic carbocycles. The Hall–Kier alpha value is -3.42. The van der Waals surface area contributed by atoms with E-state index in [1.165, 1.54) is 6.26 Å².